The number of rotatable bonds is 38. The van der Waals surface area contributed by atoms with Crippen molar-refractivity contribution >= 4 is 17.9 Å². The molecule has 0 aromatic heterocycles. The van der Waals surface area contributed by atoms with E-state index in [1.807, 2.05) is 33.3 Å². The number of unbranched alkanes of at least 4 members (excludes halogenated alkanes) is 11. The van der Waals surface area contributed by atoms with Gasteiger partial charge in [-0.1, -0.05) is 157 Å². The van der Waals surface area contributed by atoms with Gasteiger partial charge < -0.3 is 28.5 Å². The molecule has 2 unspecified atom stereocenters. The van der Waals surface area contributed by atoms with Crippen LogP contribution in [0.5, 0.6) is 0 Å². The highest BCUT2D eigenvalue weighted by molar-refractivity contribution is 5.71. The summed E-state index contributed by atoms with van der Waals surface area (Å²) in [5.41, 5.74) is 0. The fourth-order valence-corrected chi connectivity index (χ4v) is 5.39. The van der Waals surface area contributed by atoms with E-state index >= 15 is 0 Å². The molecule has 2 atom stereocenters. The number of likely N-dealkylation sites (N-methyl/N-ethyl adjacent to an activating group) is 1. The number of carboxylic acids is 1. The zero-order valence-electron chi connectivity index (χ0n) is 36.0. The lowest BCUT2D eigenvalue weighted by Gasteiger charge is -2.25. The second-order valence-electron chi connectivity index (χ2n) is 15.3. The quantitative estimate of drug-likeness (QED) is 0.0217. The molecular weight excluding hydrogens is 707 g/mol. The largest absolute Gasteiger partial charge is 0.477 e. The maximum Gasteiger partial charge on any atom is 0.361 e. The van der Waals surface area contributed by atoms with Crippen LogP contribution in [-0.2, 0) is 33.3 Å². The average molecular weight is 787 g/mol. The van der Waals surface area contributed by atoms with E-state index in [1.54, 1.807) is 0 Å². The minimum absolute atomic E-state index is 0.133. The highest BCUT2D eigenvalue weighted by Gasteiger charge is 2.25. The lowest BCUT2D eigenvalue weighted by molar-refractivity contribution is -0.870. The number of nitrogens with zero attached hydrogens (tertiary/aromatic N) is 1. The van der Waals surface area contributed by atoms with E-state index in [2.05, 4.69) is 74.6 Å². The van der Waals surface area contributed by atoms with Gasteiger partial charge in [-0.3, -0.25) is 9.59 Å². The average Bonchev–Trinajstić information content (AvgIpc) is 3.15. The Hall–Kier alpha value is -3.27. The van der Waals surface area contributed by atoms with Crippen LogP contribution in [0.25, 0.3) is 0 Å². The smallest absolute Gasteiger partial charge is 0.361 e. The first-order valence-corrected chi connectivity index (χ1v) is 21.6. The molecular formula is C47H80NO8+. The van der Waals surface area contributed by atoms with Crippen LogP contribution in [0, 0.1) is 0 Å². The first-order valence-electron chi connectivity index (χ1n) is 21.6. The third-order valence-corrected chi connectivity index (χ3v) is 8.74. The number of carbonyl (C=O) groups is 3. The molecule has 0 aromatic rings. The molecule has 0 aromatic carbocycles. The van der Waals surface area contributed by atoms with Gasteiger partial charge in [-0.05, 0) is 51.4 Å². The molecule has 0 bridgehead atoms. The molecule has 0 saturated carbocycles. The molecule has 9 nitrogen and oxygen atoms in total. The molecule has 0 fully saturated rings. The van der Waals surface area contributed by atoms with Crippen LogP contribution < -0.4 is 0 Å². The number of aliphatic carboxylic acids is 1. The van der Waals surface area contributed by atoms with Crippen molar-refractivity contribution in [2.45, 2.75) is 161 Å². The molecule has 0 aliphatic carbocycles. The van der Waals surface area contributed by atoms with Gasteiger partial charge in [0.05, 0.1) is 34.4 Å². The summed E-state index contributed by atoms with van der Waals surface area (Å²) in [5.74, 6) is -2.13. The molecule has 1 N–H and O–H groups in total. The van der Waals surface area contributed by atoms with Gasteiger partial charge in [-0.25, -0.2) is 4.79 Å². The van der Waals surface area contributed by atoms with Crippen molar-refractivity contribution in [1.82, 2.24) is 0 Å². The first kappa shape index (κ1) is 52.7. The van der Waals surface area contributed by atoms with Crippen LogP contribution in [0.2, 0.25) is 0 Å². The molecule has 9 heteroatoms. The van der Waals surface area contributed by atoms with Gasteiger partial charge in [-0.15, -0.1) is 0 Å². The van der Waals surface area contributed by atoms with Crippen LogP contribution in [0.3, 0.4) is 0 Å². The van der Waals surface area contributed by atoms with Crippen LogP contribution in [0.15, 0.2) is 72.9 Å². The standard InChI is InChI=1S/C47H79NO8/c1-6-8-10-12-14-16-18-20-21-22-23-24-25-26-28-30-32-34-36-38-45(50)56-43(42-55-47(46(51)52)53-40-39-48(3,4)5)41-54-44(49)37-35-33-31-29-27-19-17-15-13-11-9-7-2/h8,10,14,16,20-21,23-24,26,28,32,34,43,47H,6-7,9,11-13,15,17-19,22,25,27,29-31,33,35-42H2,1-5H3/p+1/b10-8-,16-14-,21-20-,24-23-,28-26-,34-32-. The van der Waals surface area contributed by atoms with E-state index < -0.39 is 24.3 Å². The van der Waals surface area contributed by atoms with E-state index in [-0.39, 0.29) is 38.6 Å². The number of carboxylic acid groups (broad SMARTS) is 1. The predicted octanol–water partition coefficient (Wildman–Crippen LogP) is 11.2. The van der Waals surface area contributed by atoms with Crippen molar-refractivity contribution in [3.05, 3.63) is 72.9 Å². The maximum atomic E-state index is 12.7. The zero-order valence-corrected chi connectivity index (χ0v) is 36.0. The van der Waals surface area contributed by atoms with Gasteiger partial charge in [-0.2, -0.15) is 0 Å². The lowest BCUT2D eigenvalue weighted by Crippen LogP contribution is -2.40. The van der Waals surface area contributed by atoms with Crippen molar-refractivity contribution < 1.29 is 42.9 Å². The highest BCUT2D eigenvalue weighted by atomic mass is 16.7. The summed E-state index contributed by atoms with van der Waals surface area (Å²) in [5, 5.41) is 9.61. The van der Waals surface area contributed by atoms with E-state index in [9.17, 15) is 19.5 Å². The normalized spacial score (nSPS) is 13.7. The summed E-state index contributed by atoms with van der Waals surface area (Å²) in [6.07, 6.45) is 44.0. The Morgan fingerprint density at radius 3 is 1.48 bits per heavy atom. The van der Waals surface area contributed by atoms with Crippen molar-refractivity contribution in [3.63, 3.8) is 0 Å². The minimum atomic E-state index is -1.53. The Balaban J connectivity index is 4.61. The molecule has 0 aliphatic heterocycles. The molecule has 320 valence electrons. The SMILES string of the molecule is CC/C=C\C/C=C\C/C=C\C/C=C\C/C=C\C/C=C\CCC(=O)OC(COC(=O)CCCCCCCCCCCCCC)COC(OCC[N+](C)(C)C)C(=O)O. The van der Waals surface area contributed by atoms with Gasteiger partial charge in [0.25, 0.3) is 6.29 Å². The second-order valence-corrected chi connectivity index (χ2v) is 15.3. The molecule has 0 radical (unpaired) electrons. The third kappa shape index (κ3) is 39.0. The van der Waals surface area contributed by atoms with Gasteiger partial charge in [0, 0.05) is 12.8 Å². The fraction of sp³-hybridized carbons (Fsp3) is 0.681. The number of carbonyl (C=O) groups excluding carboxylic acids is 2. The number of allylic oxidation sites excluding steroid dienone is 12. The monoisotopic (exact) mass is 787 g/mol. The summed E-state index contributed by atoms with van der Waals surface area (Å²) in [7, 11) is 5.92. The van der Waals surface area contributed by atoms with Gasteiger partial charge in [0.2, 0.25) is 0 Å². The van der Waals surface area contributed by atoms with Crippen molar-refractivity contribution in [2.75, 3.05) is 47.5 Å². The van der Waals surface area contributed by atoms with Crippen LogP contribution in [0.4, 0.5) is 0 Å². The fourth-order valence-electron chi connectivity index (χ4n) is 5.39. The predicted molar refractivity (Wildman–Crippen MR) is 230 cm³/mol. The van der Waals surface area contributed by atoms with Crippen LogP contribution >= 0.6 is 0 Å². The van der Waals surface area contributed by atoms with Crippen LogP contribution in [0.1, 0.15) is 149 Å². The summed E-state index contributed by atoms with van der Waals surface area (Å²) >= 11 is 0. The Morgan fingerprint density at radius 2 is 1.02 bits per heavy atom. The van der Waals surface area contributed by atoms with Crippen molar-refractivity contribution in [2.24, 2.45) is 0 Å². The number of hydrogen-bond donors (Lipinski definition) is 1. The molecule has 0 heterocycles. The molecule has 0 amide bonds. The minimum Gasteiger partial charge on any atom is -0.477 e. The zero-order chi connectivity index (χ0) is 41.4. The summed E-state index contributed by atoms with van der Waals surface area (Å²) in [4.78, 5) is 37.0. The Kier molecular flexibility index (Phi) is 36.3. The Labute approximate surface area is 341 Å². The van der Waals surface area contributed by atoms with E-state index in [1.165, 1.54) is 57.8 Å². The van der Waals surface area contributed by atoms with E-state index in [0.717, 1.165) is 57.8 Å². The molecule has 0 aliphatic rings. The van der Waals surface area contributed by atoms with Crippen molar-refractivity contribution in [3.8, 4) is 0 Å². The van der Waals surface area contributed by atoms with Gasteiger partial charge in [0.15, 0.2) is 6.10 Å². The lowest BCUT2D eigenvalue weighted by atomic mass is 10.0. The van der Waals surface area contributed by atoms with E-state index in [0.29, 0.717) is 17.4 Å². The van der Waals surface area contributed by atoms with Gasteiger partial charge >= 0.3 is 17.9 Å². The molecule has 0 spiro atoms. The number of quaternary nitrogens is 1. The topological polar surface area (TPSA) is 108 Å². The number of esters is 2. The Bertz CT molecular complexity index is 1150. The Morgan fingerprint density at radius 1 is 0.554 bits per heavy atom. The summed E-state index contributed by atoms with van der Waals surface area (Å²) in [6, 6.07) is 0. The van der Waals surface area contributed by atoms with Crippen LogP contribution in [-0.4, -0.2) is 87.4 Å². The van der Waals surface area contributed by atoms with E-state index in [4.69, 9.17) is 18.9 Å². The molecule has 0 saturated heterocycles. The summed E-state index contributed by atoms with van der Waals surface area (Å²) in [6.45, 7) is 4.64. The number of hydrogen-bond acceptors (Lipinski definition) is 7. The van der Waals surface area contributed by atoms with Crippen molar-refractivity contribution in [1.29, 1.82) is 0 Å². The maximum absolute atomic E-state index is 12.7. The molecule has 0 rings (SSSR count). The number of ether oxygens (including phenoxy) is 4. The van der Waals surface area contributed by atoms with Gasteiger partial charge in [0.1, 0.15) is 13.2 Å². The molecule has 56 heavy (non-hydrogen) atoms. The third-order valence-electron chi connectivity index (χ3n) is 8.74. The summed E-state index contributed by atoms with van der Waals surface area (Å²) < 4.78 is 22.6. The first-order chi connectivity index (χ1) is 27.1. The second kappa shape index (κ2) is 38.6. The highest BCUT2D eigenvalue weighted by Crippen LogP contribution is 2.13.